The molecule has 0 spiro atoms. The first-order valence-electron chi connectivity index (χ1n) is 4.74. The van der Waals surface area contributed by atoms with Crippen LogP contribution in [0.3, 0.4) is 0 Å². The Hall–Kier alpha value is -1.72. The Labute approximate surface area is 96.8 Å². The molecule has 0 aliphatic heterocycles. The van der Waals surface area contributed by atoms with E-state index in [1.807, 2.05) is 0 Å². The molecule has 0 heterocycles. The van der Waals surface area contributed by atoms with E-state index in [0.29, 0.717) is 0 Å². The number of oxime groups is 1. The van der Waals surface area contributed by atoms with Gasteiger partial charge in [-0.15, -0.1) is 0 Å². The van der Waals surface area contributed by atoms with Gasteiger partial charge in [-0.05, 0) is 13.0 Å². The van der Waals surface area contributed by atoms with Crippen molar-refractivity contribution in [2.75, 3.05) is 14.2 Å². The summed E-state index contributed by atoms with van der Waals surface area (Å²) in [4.78, 5) is 4.48. The van der Waals surface area contributed by atoms with Crippen LogP contribution in [0.15, 0.2) is 23.4 Å². The lowest BCUT2D eigenvalue weighted by molar-refractivity contribution is -0.138. The van der Waals surface area contributed by atoms with E-state index in [0.717, 1.165) is 0 Å². The maximum absolute atomic E-state index is 12.9. The van der Waals surface area contributed by atoms with Crippen molar-refractivity contribution in [3.8, 4) is 5.75 Å². The van der Waals surface area contributed by atoms with Crippen molar-refractivity contribution in [1.29, 1.82) is 0 Å². The van der Waals surface area contributed by atoms with Gasteiger partial charge in [-0.3, -0.25) is 0 Å². The van der Waals surface area contributed by atoms with Crippen LogP contribution < -0.4 is 4.74 Å². The average Bonchev–Trinajstić information content (AvgIpc) is 2.27. The smallest absolute Gasteiger partial charge is 0.420 e. The number of halogens is 3. The summed E-state index contributed by atoms with van der Waals surface area (Å²) < 4.78 is 43.5. The van der Waals surface area contributed by atoms with Crippen LogP contribution in [0.5, 0.6) is 5.75 Å². The van der Waals surface area contributed by atoms with E-state index in [9.17, 15) is 13.2 Å². The maximum Gasteiger partial charge on any atom is 0.420 e. The number of methoxy groups -OCH3 is 1. The fourth-order valence-corrected chi connectivity index (χ4v) is 1.48. The summed E-state index contributed by atoms with van der Waals surface area (Å²) in [6.07, 6.45) is -4.51. The molecule has 94 valence electrons. The topological polar surface area (TPSA) is 30.8 Å². The summed E-state index contributed by atoms with van der Waals surface area (Å²) in [7, 11) is 2.47. The number of nitrogens with zero attached hydrogens (tertiary/aromatic N) is 1. The highest BCUT2D eigenvalue weighted by atomic mass is 19.4. The molecule has 17 heavy (non-hydrogen) atoms. The van der Waals surface area contributed by atoms with Crippen LogP contribution in [0, 0.1) is 0 Å². The van der Waals surface area contributed by atoms with Crippen molar-refractivity contribution in [2.24, 2.45) is 5.16 Å². The van der Waals surface area contributed by atoms with E-state index in [2.05, 4.69) is 9.99 Å². The lowest BCUT2D eigenvalue weighted by Crippen LogP contribution is -2.14. The molecule has 1 aromatic carbocycles. The number of rotatable bonds is 3. The van der Waals surface area contributed by atoms with Crippen LogP contribution in [0.2, 0.25) is 0 Å². The normalized spacial score (nSPS) is 12.5. The molecule has 0 fully saturated rings. The highest BCUT2D eigenvalue weighted by molar-refractivity contribution is 6.00. The van der Waals surface area contributed by atoms with Crippen LogP contribution in [0.1, 0.15) is 18.1 Å². The molecule has 0 unspecified atom stereocenters. The van der Waals surface area contributed by atoms with Gasteiger partial charge in [0.1, 0.15) is 18.4 Å². The van der Waals surface area contributed by atoms with Crippen LogP contribution in [0.25, 0.3) is 0 Å². The van der Waals surface area contributed by atoms with E-state index >= 15 is 0 Å². The summed E-state index contributed by atoms with van der Waals surface area (Å²) in [6.45, 7) is 1.44. The van der Waals surface area contributed by atoms with E-state index in [4.69, 9.17) is 4.74 Å². The molecule has 0 aliphatic carbocycles. The van der Waals surface area contributed by atoms with Crippen molar-refractivity contribution in [3.63, 3.8) is 0 Å². The molecule has 3 nitrogen and oxygen atoms in total. The third-order valence-electron chi connectivity index (χ3n) is 2.15. The summed E-state index contributed by atoms with van der Waals surface area (Å²) in [6, 6.07) is 4.05. The second-order valence-electron chi connectivity index (χ2n) is 3.24. The van der Waals surface area contributed by atoms with Gasteiger partial charge in [0, 0.05) is 5.56 Å². The molecule has 0 bridgehead atoms. The van der Waals surface area contributed by atoms with Gasteiger partial charge in [-0.1, -0.05) is 17.3 Å². The molecule has 1 rings (SSSR count). The van der Waals surface area contributed by atoms with Crippen molar-refractivity contribution in [1.82, 2.24) is 0 Å². The minimum atomic E-state index is -4.51. The largest absolute Gasteiger partial charge is 0.496 e. The van der Waals surface area contributed by atoms with E-state index < -0.39 is 11.7 Å². The fourth-order valence-electron chi connectivity index (χ4n) is 1.48. The highest BCUT2D eigenvalue weighted by Crippen LogP contribution is 2.38. The first kappa shape index (κ1) is 13.3. The lowest BCUT2D eigenvalue weighted by Gasteiger charge is -2.15. The molecule has 0 aliphatic rings. The molecular formula is C11H12F3NO2. The molecular weight excluding hydrogens is 235 g/mol. The monoisotopic (exact) mass is 247 g/mol. The van der Waals surface area contributed by atoms with Crippen molar-refractivity contribution in [2.45, 2.75) is 13.1 Å². The molecule has 0 radical (unpaired) electrons. The molecule has 0 amide bonds. The van der Waals surface area contributed by atoms with E-state index in [-0.39, 0.29) is 17.0 Å². The van der Waals surface area contributed by atoms with Crippen molar-refractivity contribution in [3.05, 3.63) is 29.3 Å². The average molecular weight is 247 g/mol. The highest BCUT2D eigenvalue weighted by Gasteiger charge is 2.37. The fraction of sp³-hybridized carbons (Fsp3) is 0.364. The zero-order chi connectivity index (χ0) is 13.1. The summed E-state index contributed by atoms with van der Waals surface area (Å²) in [5.41, 5.74) is -0.766. The SMILES string of the molecule is CON=C(C)c1cccc(OC)c1C(F)(F)F. The van der Waals surface area contributed by atoms with Crippen LogP contribution in [0.4, 0.5) is 13.2 Å². The first-order chi connectivity index (χ1) is 7.91. The quantitative estimate of drug-likeness (QED) is 0.607. The van der Waals surface area contributed by atoms with Gasteiger partial charge in [-0.25, -0.2) is 0 Å². The van der Waals surface area contributed by atoms with Gasteiger partial charge in [0.25, 0.3) is 0 Å². The second kappa shape index (κ2) is 5.07. The van der Waals surface area contributed by atoms with Gasteiger partial charge in [-0.2, -0.15) is 13.2 Å². The lowest BCUT2D eigenvalue weighted by atomic mass is 10.0. The number of hydrogen-bond donors (Lipinski definition) is 0. The summed E-state index contributed by atoms with van der Waals surface area (Å²) >= 11 is 0. The molecule has 0 saturated carbocycles. The predicted molar refractivity (Wildman–Crippen MR) is 57.2 cm³/mol. The third kappa shape index (κ3) is 2.89. The minimum Gasteiger partial charge on any atom is -0.496 e. The Bertz CT molecular complexity index is 427. The standard InChI is InChI=1S/C11H12F3NO2/c1-7(15-17-3)8-5-4-6-9(16-2)10(8)11(12,13)14/h4-6H,1-3H3. The first-order valence-corrected chi connectivity index (χ1v) is 4.74. The number of hydrogen-bond acceptors (Lipinski definition) is 3. The van der Waals surface area contributed by atoms with E-state index in [1.54, 1.807) is 0 Å². The summed E-state index contributed by atoms with van der Waals surface area (Å²) in [5, 5.41) is 3.51. The number of benzene rings is 1. The zero-order valence-electron chi connectivity index (χ0n) is 9.63. The second-order valence-corrected chi connectivity index (χ2v) is 3.24. The molecule has 0 atom stereocenters. The molecule has 0 N–H and O–H groups in total. The van der Waals surface area contributed by atoms with Gasteiger partial charge in [0.2, 0.25) is 0 Å². The predicted octanol–water partition coefficient (Wildman–Crippen LogP) is 3.08. The Balaban J connectivity index is 3.45. The van der Waals surface area contributed by atoms with Crippen molar-refractivity contribution >= 4 is 5.71 Å². The molecule has 1 aromatic rings. The zero-order valence-corrected chi connectivity index (χ0v) is 9.63. The van der Waals surface area contributed by atoms with Gasteiger partial charge in [0.15, 0.2) is 0 Å². The van der Waals surface area contributed by atoms with Crippen molar-refractivity contribution < 1.29 is 22.7 Å². The minimum absolute atomic E-state index is 0.0568. The van der Waals surface area contributed by atoms with Crippen LogP contribution in [-0.2, 0) is 11.0 Å². The third-order valence-corrected chi connectivity index (χ3v) is 2.15. The van der Waals surface area contributed by atoms with Gasteiger partial charge < -0.3 is 9.57 Å². The number of alkyl halides is 3. The Morgan fingerprint density at radius 3 is 2.35 bits per heavy atom. The van der Waals surface area contributed by atoms with Gasteiger partial charge >= 0.3 is 6.18 Å². The summed E-state index contributed by atoms with van der Waals surface area (Å²) in [5.74, 6) is -0.236. The maximum atomic E-state index is 12.9. The van der Waals surface area contributed by atoms with E-state index in [1.165, 1.54) is 39.3 Å². The molecule has 0 saturated heterocycles. The van der Waals surface area contributed by atoms with Crippen LogP contribution >= 0.6 is 0 Å². The van der Waals surface area contributed by atoms with Crippen LogP contribution in [-0.4, -0.2) is 19.9 Å². The number of ether oxygens (including phenoxy) is 1. The van der Waals surface area contributed by atoms with Gasteiger partial charge in [0.05, 0.1) is 12.8 Å². The Morgan fingerprint density at radius 1 is 1.24 bits per heavy atom. The molecule has 0 aromatic heterocycles. The molecule has 6 heteroatoms. The Morgan fingerprint density at radius 2 is 1.88 bits per heavy atom. The Kier molecular flexibility index (Phi) is 3.98.